The Kier molecular flexibility index (Phi) is 7.95. The summed E-state index contributed by atoms with van der Waals surface area (Å²) in [6.07, 6.45) is 1.71. The molecule has 0 aliphatic carbocycles. The highest BCUT2D eigenvalue weighted by atomic mass is 79.9. The summed E-state index contributed by atoms with van der Waals surface area (Å²) in [5.41, 5.74) is 4.59. The Morgan fingerprint density at radius 3 is 2.47 bits per heavy atom. The van der Waals surface area contributed by atoms with E-state index in [1.165, 1.54) is 0 Å². The zero-order chi connectivity index (χ0) is 24.2. The minimum Gasteiger partial charge on any atom is -0.489 e. The third-order valence-corrected chi connectivity index (χ3v) is 7.12. The van der Waals surface area contributed by atoms with Gasteiger partial charge in [0.2, 0.25) is 0 Å². The van der Waals surface area contributed by atoms with Gasteiger partial charge in [0, 0.05) is 25.6 Å². The number of thiocarbonyl (C=S) groups is 1. The van der Waals surface area contributed by atoms with Crippen LogP contribution >= 0.6 is 63.1 Å². The molecule has 10 heteroatoms. The smallest absolute Gasteiger partial charge is 0.285 e. The van der Waals surface area contributed by atoms with Crippen molar-refractivity contribution in [1.29, 1.82) is 0 Å². The van der Waals surface area contributed by atoms with E-state index in [0.29, 0.717) is 32.9 Å². The van der Waals surface area contributed by atoms with Crippen molar-refractivity contribution >= 4 is 85.3 Å². The lowest BCUT2D eigenvalue weighted by atomic mass is 10.2. The van der Waals surface area contributed by atoms with Crippen LogP contribution in [0.2, 0.25) is 10.0 Å². The number of hydrogen-bond acceptors (Lipinski definition) is 5. The van der Waals surface area contributed by atoms with Crippen LogP contribution in [0.5, 0.6) is 5.75 Å². The summed E-state index contributed by atoms with van der Waals surface area (Å²) in [5.74, 6) is -0.164. The Bertz CT molecular complexity index is 1300. The van der Waals surface area contributed by atoms with Crippen molar-refractivity contribution in [3.63, 3.8) is 0 Å². The Morgan fingerprint density at radius 1 is 1.09 bits per heavy atom. The van der Waals surface area contributed by atoms with Crippen molar-refractivity contribution in [2.45, 2.75) is 6.61 Å². The summed E-state index contributed by atoms with van der Waals surface area (Å²) in [4.78, 5) is 25.7. The van der Waals surface area contributed by atoms with Crippen LogP contribution in [0.25, 0.3) is 6.08 Å². The van der Waals surface area contributed by atoms with Gasteiger partial charge in [-0.2, -0.15) is 5.01 Å². The van der Waals surface area contributed by atoms with Gasteiger partial charge in [-0.15, -0.1) is 0 Å². The van der Waals surface area contributed by atoms with Crippen LogP contribution in [-0.2, 0) is 11.4 Å². The molecule has 1 saturated heterocycles. The molecule has 1 aliphatic rings. The molecular formula is C24H15BrCl2N2O3S2. The zero-order valence-electron chi connectivity index (χ0n) is 17.3. The van der Waals surface area contributed by atoms with E-state index in [4.69, 9.17) is 40.2 Å². The minimum absolute atomic E-state index is 0.251. The maximum Gasteiger partial charge on any atom is 0.285 e. The Balaban J connectivity index is 1.39. The van der Waals surface area contributed by atoms with E-state index < -0.39 is 11.8 Å². The lowest BCUT2D eigenvalue weighted by molar-refractivity contribution is -0.123. The fourth-order valence-electron chi connectivity index (χ4n) is 2.94. The molecular weight excluding hydrogens is 579 g/mol. The molecule has 1 fully saturated rings. The topological polar surface area (TPSA) is 58.6 Å². The normalized spacial score (nSPS) is 14.6. The largest absolute Gasteiger partial charge is 0.489 e. The van der Waals surface area contributed by atoms with E-state index in [2.05, 4.69) is 21.4 Å². The second-order valence-electron chi connectivity index (χ2n) is 7.06. The molecule has 0 saturated carbocycles. The fraction of sp³-hybridized carbons (Fsp3) is 0.0417. The van der Waals surface area contributed by atoms with Crippen LogP contribution in [0.3, 0.4) is 0 Å². The minimum atomic E-state index is -0.424. The van der Waals surface area contributed by atoms with Crippen LogP contribution in [0.4, 0.5) is 0 Å². The molecule has 0 unspecified atom stereocenters. The van der Waals surface area contributed by atoms with Gasteiger partial charge in [-0.05, 0) is 72.4 Å². The highest BCUT2D eigenvalue weighted by Crippen LogP contribution is 2.32. The van der Waals surface area contributed by atoms with Gasteiger partial charge in [0.05, 0.1) is 4.91 Å². The summed E-state index contributed by atoms with van der Waals surface area (Å²) in [6, 6.07) is 19.3. The van der Waals surface area contributed by atoms with Gasteiger partial charge in [-0.25, -0.2) is 0 Å². The summed E-state index contributed by atoms with van der Waals surface area (Å²) < 4.78 is 6.89. The average molecular weight is 594 g/mol. The van der Waals surface area contributed by atoms with Crippen molar-refractivity contribution in [2.75, 3.05) is 0 Å². The van der Waals surface area contributed by atoms with Gasteiger partial charge in [-0.1, -0.05) is 69.1 Å². The van der Waals surface area contributed by atoms with Crippen molar-refractivity contribution in [3.8, 4) is 5.75 Å². The number of hydrazine groups is 1. The number of carbonyl (C=O) groups excluding carboxylic acids is 2. The molecule has 1 aliphatic heterocycles. The number of nitrogens with zero attached hydrogens (tertiary/aromatic N) is 1. The van der Waals surface area contributed by atoms with Crippen molar-refractivity contribution in [3.05, 3.63) is 103 Å². The van der Waals surface area contributed by atoms with Crippen molar-refractivity contribution < 1.29 is 14.3 Å². The summed E-state index contributed by atoms with van der Waals surface area (Å²) in [6.45, 7) is 0.298. The number of carbonyl (C=O) groups is 2. The lowest BCUT2D eigenvalue weighted by Crippen LogP contribution is -2.44. The molecule has 1 N–H and O–H groups in total. The highest BCUT2D eigenvalue weighted by molar-refractivity contribution is 9.10. The predicted octanol–water partition coefficient (Wildman–Crippen LogP) is 6.88. The first-order valence-electron chi connectivity index (χ1n) is 9.81. The number of amides is 2. The van der Waals surface area contributed by atoms with Crippen LogP contribution in [0, 0.1) is 0 Å². The van der Waals surface area contributed by atoms with Crippen molar-refractivity contribution in [2.24, 2.45) is 0 Å². The third-order valence-electron chi connectivity index (χ3n) is 4.70. The van der Waals surface area contributed by atoms with Crippen LogP contribution in [0.15, 0.2) is 76.1 Å². The quantitative estimate of drug-likeness (QED) is 0.249. The standard InChI is InChI=1S/C24H15BrCl2N2O3S2/c25-17-6-3-15(4-7-17)22(30)28-29-23(31)21(34-24(29)33)11-14-1-9-19(10-2-14)32-13-16-5-8-18(26)12-20(16)27/h1-12H,13H2,(H,28,30)/b21-11-. The molecule has 0 atom stereocenters. The van der Waals surface area contributed by atoms with Gasteiger partial charge >= 0.3 is 0 Å². The molecule has 0 aromatic heterocycles. The van der Waals surface area contributed by atoms with Gasteiger partial charge in [0.25, 0.3) is 11.8 Å². The third kappa shape index (κ3) is 6.00. The number of ether oxygens (including phenoxy) is 1. The second-order valence-corrected chi connectivity index (χ2v) is 10.5. The number of thioether (sulfide) groups is 1. The van der Waals surface area contributed by atoms with Gasteiger partial charge in [-0.3, -0.25) is 15.0 Å². The number of benzene rings is 3. The SMILES string of the molecule is O=C(NN1C(=O)/C(=C/c2ccc(OCc3ccc(Cl)cc3Cl)cc2)SC1=S)c1ccc(Br)cc1. The number of halogens is 3. The summed E-state index contributed by atoms with van der Waals surface area (Å²) >= 11 is 21.8. The molecule has 2 amide bonds. The molecule has 0 radical (unpaired) electrons. The Hall–Kier alpha value is -2.36. The van der Waals surface area contributed by atoms with E-state index >= 15 is 0 Å². The van der Waals surface area contributed by atoms with E-state index in [1.807, 2.05) is 18.2 Å². The maximum atomic E-state index is 12.8. The monoisotopic (exact) mass is 592 g/mol. The summed E-state index contributed by atoms with van der Waals surface area (Å²) in [5, 5.41) is 2.19. The number of rotatable bonds is 6. The average Bonchev–Trinajstić information content (AvgIpc) is 3.07. The molecule has 5 nitrogen and oxygen atoms in total. The maximum absolute atomic E-state index is 12.8. The predicted molar refractivity (Wildman–Crippen MR) is 144 cm³/mol. The molecule has 172 valence electrons. The molecule has 34 heavy (non-hydrogen) atoms. The van der Waals surface area contributed by atoms with Crippen LogP contribution in [-0.4, -0.2) is 21.1 Å². The first-order valence-corrected chi connectivity index (χ1v) is 12.6. The van der Waals surface area contributed by atoms with Gasteiger partial charge in [0.15, 0.2) is 4.32 Å². The van der Waals surface area contributed by atoms with Crippen LogP contribution in [0.1, 0.15) is 21.5 Å². The number of hydrogen-bond donors (Lipinski definition) is 1. The molecule has 1 heterocycles. The Labute approximate surface area is 224 Å². The van der Waals surface area contributed by atoms with Crippen molar-refractivity contribution in [1.82, 2.24) is 10.4 Å². The molecule has 0 spiro atoms. The Morgan fingerprint density at radius 2 is 1.79 bits per heavy atom. The first-order chi connectivity index (χ1) is 16.3. The molecule has 0 bridgehead atoms. The molecule has 3 aromatic rings. The second kappa shape index (κ2) is 10.9. The number of nitrogens with one attached hydrogen (secondary N) is 1. The van der Waals surface area contributed by atoms with E-state index in [-0.39, 0.29) is 4.32 Å². The summed E-state index contributed by atoms with van der Waals surface area (Å²) in [7, 11) is 0. The van der Waals surface area contributed by atoms with Crippen LogP contribution < -0.4 is 10.2 Å². The van der Waals surface area contributed by atoms with E-state index in [0.717, 1.165) is 32.4 Å². The van der Waals surface area contributed by atoms with E-state index in [9.17, 15) is 9.59 Å². The highest BCUT2D eigenvalue weighted by Gasteiger charge is 2.33. The van der Waals surface area contributed by atoms with E-state index in [1.54, 1.807) is 54.6 Å². The van der Waals surface area contributed by atoms with Gasteiger partial charge in [0.1, 0.15) is 12.4 Å². The molecule has 4 rings (SSSR count). The fourth-order valence-corrected chi connectivity index (χ4v) is 4.85. The lowest BCUT2D eigenvalue weighted by Gasteiger charge is -2.15. The van der Waals surface area contributed by atoms with Gasteiger partial charge < -0.3 is 4.74 Å². The zero-order valence-corrected chi connectivity index (χ0v) is 22.0. The molecule has 3 aromatic carbocycles. The first kappa shape index (κ1) is 24.8.